The van der Waals surface area contributed by atoms with E-state index in [9.17, 15) is 0 Å². The minimum Gasteiger partial charge on any atom is -0.312 e. The van der Waals surface area contributed by atoms with Gasteiger partial charge in [-0.15, -0.1) is 11.3 Å². The second-order valence-corrected chi connectivity index (χ2v) is 6.70. The van der Waals surface area contributed by atoms with E-state index in [-0.39, 0.29) is 5.54 Å². The first-order valence-corrected chi connectivity index (χ1v) is 7.31. The Balaban J connectivity index is 2.03. The number of nitrogens with one attached hydrogen (secondary N) is 1. The summed E-state index contributed by atoms with van der Waals surface area (Å²) in [5.41, 5.74) is 0.246. The summed E-state index contributed by atoms with van der Waals surface area (Å²) in [4.78, 5) is 3.91. The van der Waals surface area contributed by atoms with Crippen LogP contribution in [0.25, 0.3) is 0 Å². The fraction of sp³-hybridized carbons (Fsp3) is 0.714. The number of rotatable bonds is 7. The molecule has 2 nitrogen and oxygen atoms in total. The largest absolute Gasteiger partial charge is 0.312 e. The van der Waals surface area contributed by atoms with Crippen molar-refractivity contribution in [2.24, 2.45) is 0 Å². The zero-order chi connectivity index (χ0) is 12.7. The lowest BCUT2D eigenvalue weighted by Crippen LogP contribution is -2.37. The molecule has 0 unspecified atom stereocenters. The monoisotopic (exact) mass is 254 g/mol. The predicted octanol–water partition coefficient (Wildman–Crippen LogP) is 3.00. The van der Waals surface area contributed by atoms with E-state index >= 15 is 0 Å². The van der Waals surface area contributed by atoms with Crippen molar-refractivity contribution in [3.63, 3.8) is 0 Å². The minimum atomic E-state index is 0.246. The van der Waals surface area contributed by atoms with Crippen LogP contribution in [0.3, 0.4) is 0 Å². The Kier molecular flexibility index (Phi) is 6.17. The smallest absolute Gasteiger partial charge is 0.00965 e. The van der Waals surface area contributed by atoms with Crippen molar-refractivity contribution in [3.8, 4) is 0 Å². The molecule has 17 heavy (non-hydrogen) atoms. The van der Waals surface area contributed by atoms with E-state index < -0.39 is 0 Å². The van der Waals surface area contributed by atoms with E-state index in [1.54, 1.807) is 0 Å². The topological polar surface area (TPSA) is 15.3 Å². The maximum Gasteiger partial charge on any atom is 0.00965 e. The third-order valence-corrected chi connectivity index (χ3v) is 3.63. The first kappa shape index (κ1) is 14.7. The van der Waals surface area contributed by atoms with Gasteiger partial charge in [0.1, 0.15) is 0 Å². The quantitative estimate of drug-likeness (QED) is 0.753. The maximum absolute atomic E-state index is 3.52. The Bertz CT molecular complexity index is 288. The maximum atomic E-state index is 3.52. The Morgan fingerprint density at radius 3 is 2.65 bits per heavy atom. The van der Waals surface area contributed by atoms with Crippen LogP contribution in [0.1, 0.15) is 32.1 Å². The van der Waals surface area contributed by atoms with Crippen molar-refractivity contribution in [1.29, 1.82) is 0 Å². The molecule has 0 saturated heterocycles. The fourth-order valence-corrected chi connectivity index (χ4v) is 2.38. The van der Waals surface area contributed by atoms with Crippen LogP contribution in [0.4, 0.5) is 0 Å². The molecule has 0 bridgehead atoms. The summed E-state index contributed by atoms with van der Waals surface area (Å²) >= 11 is 1.86. The number of nitrogens with zero attached hydrogens (tertiary/aromatic N) is 1. The van der Waals surface area contributed by atoms with Gasteiger partial charge in [0, 0.05) is 17.0 Å². The molecule has 0 aliphatic rings. The van der Waals surface area contributed by atoms with Gasteiger partial charge < -0.3 is 10.2 Å². The molecule has 1 aromatic heterocycles. The van der Waals surface area contributed by atoms with Crippen LogP contribution in [-0.4, -0.2) is 37.1 Å². The normalized spacial score (nSPS) is 12.3. The van der Waals surface area contributed by atoms with E-state index in [0.717, 1.165) is 13.1 Å². The third kappa shape index (κ3) is 7.53. The van der Waals surface area contributed by atoms with E-state index in [2.05, 4.69) is 55.5 Å². The highest BCUT2D eigenvalue weighted by Gasteiger charge is 2.07. The lowest BCUT2D eigenvalue weighted by Gasteiger charge is -2.22. The first-order valence-electron chi connectivity index (χ1n) is 6.43. The average molecular weight is 254 g/mol. The van der Waals surface area contributed by atoms with Crippen LogP contribution < -0.4 is 5.32 Å². The number of likely N-dealkylation sites (N-methyl/N-ethyl adjacent to an activating group) is 1. The molecular formula is C14H26N2S. The molecule has 0 amide bonds. The number of thiophene rings is 1. The molecule has 0 radical (unpaired) electrons. The number of hydrogen-bond donors (Lipinski definition) is 1. The second-order valence-electron chi connectivity index (χ2n) is 5.66. The highest BCUT2D eigenvalue weighted by atomic mass is 32.1. The SMILES string of the molecule is CN(CCCNC(C)(C)C)CCc1cccs1. The zero-order valence-corrected chi connectivity index (χ0v) is 12.4. The van der Waals surface area contributed by atoms with E-state index in [0.29, 0.717) is 0 Å². The summed E-state index contributed by atoms with van der Waals surface area (Å²) in [6, 6.07) is 4.35. The van der Waals surface area contributed by atoms with Crippen molar-refractivity contribution in [2.75, 3.05) is 26.7 Å². The molecule has 1 rings (SSSR count). The van der Waals surface area contributed by atoms with Crippen LogP contribution in [0.15, 0.2) is 17.5 Å². The van der Waals surface area contributed by atoms with Crippen LogP contribution in [-0.2, 0) is 6.42 Å². The lowest BCUT2D eigenvalue weighted by molar-refractivity contribution is 0.320. The van der Waals surface area contributed by atoms with Gasteiger partial charge in [0.05, 0.1) is 0 Å². The van der Waals surface area contributed by atoms with Gasteiger partial charge in [0.15, 0.2) is 0 Å². The van der Waals surface area contributed by atoms with Gasteiger partial charge in [-0.05, 0) is 65.2 Å². The zero-order valence-electron chi connectivity index (χ0n) is 11.6. The summed E-state index contributed by atoms with van der Waals surface area (Å²) in [5, 5.41) is 5.68. The predicted molar refractivity (Wildman–Crippen MR) is 77.9 cm³/mol. The molecule has 0 aliphatic heterocycles. The van der Waals surface area contributed by atoms with E-state index in [1.807, 2.05) is 11.3 Å². The standard InChI is InChI=1S/C14H26N2S/c1-14(2,3)15-9-6-10-16(4)11-8-13-7-5-12-17-13/h5,7,12,15H,6,8-11H2,1-4H3. The van der Waals surface area contributed by atoms with E-state index in [4.69, 9.17) is 0 Å². The van der Waals surface area contributed by atoms with Gasteiger partial charge in [-0.25, -0.2) is 0 Å². The Morgan fingerprint density at radius 2 is 2.06 bits per heavy atom. The van der Waals surface area contributed by atoms with Crippen molar-refractivity contribution in [3.05, 3.63) is 22.4 Å². The number of hydrogen-bond acceptors (Lipinski definition) is 3. The van der Waals surface area contributed by atoms with Crippen LogP contribution in [0.2, 0.25) is 0 Å². The second kappa shape index (κ2) is 7.14. The van der Waals surface area contributed by atoms with Gasteiger partial charge in [-0.2, -0.15) is 0 Å². The molecule has 0 aromatic carbocycles. The van der Waals surface area contributed by atoms with Gasteiger partial charge >= 0.3 is 0 Å². The van der Waals surface area contributed by atoms with Crippen molar-refractivity contribution >= 4 is 11.3 Å². The molecule has 0 fully saturated rings. The molecule has 98 valence electrons. The minimum absolute atomic E-state index is 0.246. The molecule has 0 spiro atoms. The van der Waals surface area contributed by atoms with Crippen LogP contribution in [0.5, 0.6) is 0 Å². The van der Waals surface area contributed by atoms with Crippen molar-refractivity contribution in [1.82, 2.24) is 10.2 Å². The Hall–Kier alpha value is -0.380. The van der Waals surface area contributed by atoms with Gasteiger partial charge in [0.2, 0.25) is 0 Å². The van der Waals surface area contributed by atoms with Gasteiger partial charge in [0.25, 0.3) is 0 Å². The highest BCUT2D eigenvalue weighted by Crippen LogP contribution is 2.09. The molecule has 0 atom stereocenters. The third-order valence-electron chi connectivity index (χ3n) is 2.69. The van der Waals surface area contributed by atoms with Crippen LogP contribution in [0, 0.1) is 0 Å². The molecular weight excluding hydrogens is 228 g/mol. The van der Waals surface area contributed by atoms with Crippen LogP contribution >= 0.6 is 11.3 Å². The highest BCUT2D eigenvalue weighted by molar-refractivity contribution is 7.09. The van der Waals surface area contributed by atoms with Crippen molar-refractivity contribution < 1.29 is 0 Å². The Morgan fingerprint density at radius 1 is 1.29 bits per heavy atom. The average Bonchev–Trinajstić information content (AvgIpc) is 2.73. The summed E-state index contributed by atoms with van der Waals surface area (Å²) < 4.78 is 0. The van der Waals surface area contributed by atoms with Gasteiger partial charge in [-0.1, -0.05) is 6.07 Å². The molecule has 1 N–H and O–H groups in total. The molecule has 0 aliphatic carbocycles. The first-order chi connectivity index (χ1) is 7.97. The Labute approximate surface area is 110 Å². The van der Waals surface area contributed by atoms with Crippen molar-refractivity contribution in [2.45, 2.75) is 39.2 Å². The summed E-state index contributed by atoms with van der Waals surface area (Å²) in [6.07, 6.45) is 2.40. The summed E-state index contributed by atoms with van der Waals surface area (Å²) in [5.74, 6) is 0. The summed E-state index contributed by atoms with van der Waals surface area (Å²) in [7, 11) is 2.21. The van der Waals surface area contributed by atoms with E-state index in [1.165, 1.54) is 24.3 Å². The molecule has 3 heteroatoms. The molecule has 1 heterocycles. The summed E-state index contributed by atoms with van der Waals surface area (Å²) in [6.45, 7) is 10.1. The van der Waals surface area contributed by atoms with Gasteiger partial charge in [-0.3, -0.25) is 0 Å². The fourth-order valence-electron chi connectivity index (χ4n) is 1.68. The molecule has 0 saturated carbocycles. The lowest BCUT2D eigenvalue weighted by atomic mass is 10.1. The molecule has 1 aromatic rings.